The lowest BCUT2D eigenvalue weighted by Crippen LogP contribution is -2.21. The number of nitrogen functional groups attached to an aromatic ring is 1. The summed E-state index contributed by atoms with van der Waals surface area (Å²) in [4.78, 5) is 14.1. The zero-order valence-electron chi connectivity index (χ0n) is 11.7. The number of likely N-dealkylation sites (N-methyl/N-ethyl adjacent to an activating group) is 1. The molecule has 6 nitrogen and oxygen atoms in total. The van der Waals surface area contributed by atoms with E-state index in [1.165, 1.54) is 18.4 Å². The topological polar surface area (TPSA) is 74.0 Å². The van der Waals surface area contributed by atoms with Crippen molar-refractivity contribution in [3.8, 4) is 5.75 Å². The van der Waals surface area contributed by atoms with Crippen LogP contribution in [0.4, 0.5) is 10.7 Å². The largest absolute Gasteiger partial charge is 0.492 e. The third kappa shape index (κ3) is 3.51. The number of methoxy groups -OCH3 is 2. The number of thiophene rings is 1. The first kappa shape index (κ1) is 15.6. The van der Waals surface area contributed by atoms with E-state index < -0.39 is 5.97 Å². The summed E-state index contributed by atoms with van der Waals surface area (Å²) < 4.78 is 15.3. The van der Waals surface area contributed by atoms with Crippen molar-refractivity contribution in [3.63, 3.8) is 0 Å². The van der Waals surface area contributed by atoms with E-state index in [9.17, 15) is 4.79 Å². The molecule has 0 bridgehead atoms. The lowest BCUT2D eigenvalue weighted by molar-refractivity contribution is 0.0533. The maximum Gasteiger partial charge on any atom is 0.350 e. The minimum absolute atomic E-state index is 0.313. The van der Waals surface area contributed by atoms with Crippen LogP contribution in [-0.4, -0.2) is 47.0 Å². The van der Waals surface area contributed by atoms with E-state index in [2.05, 4.69) is 0 Å². The molecule has 7 heteroatoms. The van der Waals surface area contributed by atoms with Gasteiger partial charge in [-0.2, -0.15) is 0 Å². The van der Waals surface area contributed by atoms with E-state index in [0.717, 1.165) is 5.00 Å². The van der Waals surface area contributed by atoms with Gasteiger partial charge in [0.25, 0.3) is 0 Å². The van der Waals surface area contributed by atoms with E-state index in [-0.39, 0.29) is 0 Å². The molecular formula is C12H20N2O4S. The summed E-state index contributed by atoms with van der Waals surface area (Å²) in [6, 6.07) is 0. The van der Waals surface area contributed by atoms with Crippen LogP contribution in [0, 0.1) is 0 Å². The Bertz CT molecular complexity index is 434. The molecule has 2 N–H and O–H groups in total. The molecule has 0 spiro atoms. The van der Waals surface area contributed by atoms with Gasteiger partial charge in [-0.1, -0.05) is 0 Å². The SMILES string of the molecule is CCOC(=O)c1sc(N(C)CCOC)c(OC)c1N. The van der Waals surface area contributed by atoms with Crippen molar-refractivity contribution in [2.24, 2.45) is 0 Å². The number of ether oxygens (including phenoxy) is 3. The minimum atomic E-state index is -0.422. The van der Waals surface area contributed by atoms with E-state index in [4.69, 9.17) is 19.9 Å². The number of nitrogens with zero attached hydrogens (tertiary/aromatic N) is 1. The maximum atomic E-state index is 11.8. The number of nitrogens with two attached hydrogens (primary N) is 1. The highest BCUT2D eigenvalue weighted by atomic mass is 32.1. The van der Waals surface area contributed by atoms with Crippen LogP contribution < -0.4 is 15.4 Å². The van der Waals surface area contributed by atoms with Gasteiger partial charge >= 0.3 is 5.97 Å². The van der Waals surface area contributed by atoms with Crippen LogP contribution >= 0.6 is 11.3 Å². The predicted molar refractivity (Wildman–Crippen MR) is 76.4 cm³/mol. The first-order valence-electron chi connectivity index (χ1n) is 5.90. The molecule has 0 saturated heterocycles. The van der Waals surface area contributed by atoms with E-state index in [1.807, 2.05) is 11.9 Å². The average Bonchev–Trinajstić information content (AvgIpc) is 2.73. The molecule has 1 rings (SSSR count). The molecule has 1 aromatic rings. The van der Waals surface area contributed by atoms with Gasteiger partial charge in [-0.05, 0) is 6.92 Å². The van der Waals surface area contributed by atoms with Gasteiger partial charge in [-0.25, -0.2) is 4.79 Å². The Kier molecular flexibility index (Phi) is 5.91. The molecule has 1 aromatic heterocycles. The Balaban J connectivity index is 3.04. The second-order valence-electron chi connectivity index (χ2n) is 3.82. The zero-order chi connectivity index (χ0) is 14.4. The molecule has 1 heterocycles. The predicted octanol–water partition coefficient (Wildman–Crippen LogP) is 1.60. The zero-order valence-corrected chi connectivity index (χ0v) is 12.5. The lowest BCUT2D eigenvalue weighted by Gasteiger charge is -2.17. The quantitative estimate of drug-likeness (QED) is 0.768. The van der Waals surface area contributed by atoms with Gasteiger partial charge in [0.1, 0.15) is 15.6 Å². The van der Waals surface area contributed by atoms with Crippen molar-refractivity contribution in [1.29, 1.82) is 0 Å². The average molecular weight is 288 g/mol. The highest BCUT2D eigenvalue weighted by Gasteiger charge is 2.24. The van der Waals surface area contributed by atoms with Crippen molar-refractivity contribution in [2.75, 3.05) is 51.7 Å². The number of carbonyl (C=O) groups excluding carboxylic acids is 1. The molecule has 19 heavy (non-hydrogen) atoms. The summed E-state index contributed by atoms with van der Waals surface area (Å²) in [6.07, 6.45) is 0. The Morgan fingerprint density at radius 2 is 2.11 bits per heavy atom. The highest BCUT2D eigenvalue weighted by molar-refractivity contribution is 7.19. The Morgan fingerprint density at radius 3 is 2.63 bits per heavy atom. The first-order valence-corrected chi connectivity index (χ1v) is 6.71. The van der Waals surface area contributed by atoms with Crippen LogP contribution in [0.5, 0.6) is 5.75 Å². The highest BCUT2D eigenvalue weighted by Crippen LogP contribution is 2.44. The van der Waals surface area contributed by atoms with Crippen molar-refractivity contribution < 1.29 is 19.0 Å². The fourth-order valence-corrected chi connectivity index (χ4v) is 2.61. The second kappa shape index (κ2) is 7.20. The number of rotatable bonds is 7. The molecule has 0 aromatic carbocycles. The van der Waals surface area contributed by atoms with Gasteiger partial charge in [0.2, 0.25) is 0 Å². The van der Waals surface area contributed by atoms with Crippen molar-refractivity contribution >= 4 is 28.0 Å². The minimum Gasteiger partial charge on any atom is -0.492 e. The summed E-state index contributed by atoms with van der Waals surface area (Å²) in [7, 11) is 5.06. The second-order valence-corrected chi connectivity index (χ2v) is 4.82. The third-order valence-electron chi connectivity index (χ3n) is 2.52. The van der Waals surface area contributed by atoms with Gasteiger partial charge < -0.3 is 24.8 Å². The molecular weight excluding hydrogens is 268 g/mol. The van der Waals surface area contributed by atoms with Crippen molar-refractivity contribution in [3.05, 3.63) is 4.88 Å². The summed E-state index contributed by atoms with van der Waals surface area (Å²) >= 11 is 1.26. The van der Waals surface area contributed by atoms with Crippen LogP contribution in [0.1, 0.15) is 16.6 Å². The Hall–Kier alpha value is -1.47. The molecule has 0 unspecified atom stereocenters. The number of carbonyl (C=O) groups is 1. The maximum absolute atomic E-state index is 11.8. The number of hydrogen-bond acceptors (Lipinski definition) is 7. The van der Waals surface area contributed by atoms with Crippen molar-refractivity contribution in [2.45, 2.75) is 6.92 Å². The number of hydrogen-bond donors (Lipinski definition) is 1. The van der Waals surface area contributed by atoms with Gasteiger partial charge in [0, 0.05) is 20.7 Å². The van der Waals surface area contributed by atoms with Crippen LogP contribution in [0.15, 0.2) is 0 Å². The Labute approximate surface area is 117 Å². The lowest BCUT2D eigenvalue weighted by atomic mass is 10.3. The van der Waals surface area contributed by atoms with E-state index in [1.54, 1.807) is 14.0 Å². The van der Waals surface area contributed by atoms with Crippen LogP contribution in [0.2, 0.25) is 0 Å². The number of anilines is 2. The fourth-order valence-electron chi connectivity index (χ4n) is 1.54. The standard InChI is InChI=1S/C12H20N2O4S/c1-5-18-12(15)10-8(13)9(17-4)11(19-10)14(2)6-7-16-3/h5-7,13H2,1-4H3. The van der Waals surface area contributed by atoms with Gasteiger partial charge in [0.05, 0.1) is 20.3 Å². The summed E-state index contributed by atoms with van der Waals surface area (Å²) in [5, 5.41) is 0.792. The molecule has 0 aliphatic heterocycles. The summed E-state index contributed by atoms with van der Waals surface area (Å²) in [5.74, 6) is 0.0846. The molecule has 108 valence electrons. The van der Waals surface area contributed by atoms with Gasteiger partial charge in [-0.3, -0.25) is 0 Å². The van der Waals surface area contributed by atoms with Crippen LogP contribution in [0.25, 0.3) is 0 Å². The number of esters is 1. The molecule has 0 fully saturated rings. The normalized spacial score (nSPS) is 10.3. The third-order valence-corrected chi connectivity index (χ3v) is 3.81. The van der Waals surface area contributed by atoms with E-state index in [0.29, 0.717) is 36.1 Å². The van der Waals surface area contributed by atoms with Crippen LogP contribution in [0.3, 0.4) is 0 Å². The molecule has 0 radical (unpaired) electrons. The molecule has 0 aliphatic rings. The monoisotopic (exact) mass is 288 g/mol. The first-order chi connectivity index (χ1) is 9.06. The summed E-state index contributed by atoms with van der Waals surface area (Å²) in [6.45, 7) is 3.32. The molecule has 0 amide bonds. The van der Waals surface area contributed by atoms with E-state index >= 15 is 0 Å². The smallest absolute Gasteiger partial charge is 0.350 e. The van der Waals surface area contributed by atoms with Crippen molar-refractivity contribution in [1.82, 2.24) is 0 Å². The molecule has 0 atom stereocenters. The summed E-state index contributed by atoms with van der Waals surface area (Å²) in [5.41, 5.74) is 6.26. The van der Waals surface area contributed by atoms with Gasteiger partial charge in [0.15, 0.2) is 5.75 Å². The Morgan fingerprint density at radius 1 is 1.42 bits per heavy atom. The molecule has 0 saturated carbocycles. The van der Waals surface area contributed by atoms with Gasteiger partial charge in [-0.15, -0.1) is 11.3 Å². The molecule has 0 aliphatic carbocycles. The fraction of sp³-hybridized carbons (Fsp3) is 0.583. The van der Waals surface area contributed by atoms with Crippen LogP contribution in [-0.2, 0) is 9.47 Å².